The number of pyridine rings is 1. The van der Waals surface area contributed by atoms with Crippen molar-refractivity contribution in [2.45, 2.75) is 25.7 Å². The normalized spacial score (nSPS) is 17.3. The van der Waals surface area contributed by atoms with E-state index in [4.69, 9.17) is 9.47 Å². The molecule has 1 aromatic carbocycles. The quantitative estimate of drug-likeness (QED) is 0.304. The Bertz CT molecular complexity index is 1210. The van der Waals surface area contributed by atoms with Crippen LogP contribution in [0.5, 0.6) is 17.4 Å². The van der Waals surface area contributed by atoms with Gasteiger partial charge in [0.25, 0.3) is 16.8 Å². The van der Waals surface area contributed by atoms with Gasteiger partial charge >= 0.3 is 0 Å². The van der Waals surface area contributed by atoms with Crippen LogP contribution in [0.2, 0.25) is 0 Å². The number of amides is 3. The number of ether oxygens (including phenoxy) is 2. The van der Waals surface area contributed by atoms with Crippen LogP contribution in [0.3, 0.4) is 0 Å². The number of nitrogens with zero attached hydrogens (tertiary/aromatic N) is 4. The third-order valence-electron chi connectivity index (χ3n) is 5.76. The molecule has 3 amide bonds. The number of imide groups is 1. The van der Waals surface area contributed by atoms with Crippen LogP contribution in [0.4, 0.5) is 10.5 Å². The summed E-state index contributed by atoms with van der Waals surface area (Å²) in [7, 11) is 1.44. The van der Waals surface area contributed by atoms with E-state index < -0.39 is 16.1 Å². The number of benzene rings is 1. The van der Waals surface area contributed by atoms with E-state index in [9.17, 15) is 24.5 Å². The van der Waals surface area contributed by atoms with E-state index in [-0.39, 0.29) is 28.9 Å². The van der Waals surface area contributed by atoms with Gasteiger partial charge in [-0.1, -0.05) is 18.9 Å². The Morgan fingerprint density at radius 3 is 2.53 bits per heavy atom. The number of likely N-dealkylation sites (tertiary alicyclic amines) is 1. The highest BCUT2D eigenvalue weighted by molar-refractivity contribution is 8.18. The molecule has 0 aliphatic carbocycles. The van der Waals surface area contributed by atoms with Gasteiger partial charge in [0.15, 0.2) is 11.5 Å². The van der Waals surface area contributed by atoms with Gasteiger partial charge in [-0.05, 0) is 48.4 Å². The summed E-state index contributed by atoms with van der Waals surface area (Å²) in [5.74, 6) is 0.0551. The zero-order valence-electron chi connectivity index (χ0n) is 19.5. The molecule has 2 aliphatic heterocycles. The van der Waals surface area contributed by atoms with Crippen molar-refractivity contribution in [2.75, 3.05) is 26.7 Å². The first-order valence-corrected chi connectivity index (χ1v) is 12.2. The van der Waals surface area contributed by atoms with Gasteiger partial charge in [0.05, 0.1) is 16.9 Å². The summed E-state index contributed by atoms with van der Waals surface area (Å²) in [5.41, 5.74) is 0.423. The van der Waals surface area contributed by atoms with Gasteiger partial charge in [-0.3, -0.25) is 29.4 Å². The number of carbonyl (C=O) groups excluding carboxylic acids is 3. The number of hydrogen-bond acceptors (Lipinski definition) is 9. The van der Waals surface area contributed by atoms with Crippen LogP contribution in [0.1, 0.15) is 31.2 Å². The lowest BCUT2D eigenvalue weighted by atomic mass is 10.2. The zero-order valence-corrected chi connectivity index (χ0v) is 20.4. The van der Waals surface area contributed by atoms with Crippen LogP contribution in [0.25, 0.3) is 6.08 Å². The lowest BCUT2D eigenvalue weighted by molar-refractivity contribution is -0.385. The van der Waals surface area contributed by atoms with Crippen molar-refractivity contribution in [1.82, 2.24) is 14.8 Å². The minimum absolute atomic E-state index is 0.141. The highest BCUT2D eigenvalue weighted by Crippen LogP contribution is 2.36. The molecule has 2 fully saturated rings. The molecule has 1 aromatic heterocycles. The number of thioether (sulfide) groups is 1. The molecule has 0 saturated carbocycles. The highest BCUT2D eigenvalue weighted by Gasteiger charge is 2.37. The Morgan fingerprint density at radius 1 is 1.14 bits per heavy atom. The number of aromatic nitrogens is 1. The van der Waals surface area contributed by atoms with Crippen molar-refractivity contribution in [3.8, 4) is 17.4 Å². The molecule has 2 aliphatic rings. The van der Waals surface area contributed by atoms with E-state index in [0.29, 0.717) is 30.2 Å². The Balaban J connectivity index is 1.46. The number of rotatable bonds is 7. The molecular weight excluding hydrogens is 488 g/mol. The molecule has 11 nitrogen and oxygen atoms in total. The molecule has 0 atom stereocenters. The molecule has 0 unspecified atom stereocenters. The summed E-state index contributed by atoms with van der Waals surface area (Å²) < 4.78 is 11.0. The topological polar surface area (TPSA) is 132 Å². The molecule has 0 bridgehead atoms. The minimum atomic E-state index is -0.557. The average molecular weight is 513 g/mol. The maximum absolute atomic E-state index is 12.9. The molecule has 188 valence electrons. The van der Waals surface area contributed by atoms with Crippen molar-refractivity contribution in [1.29, 1.82) is 0 Å². The van der Waals surface area contributed by atoms with Gasteiger partial charge < -0.3 is 14.4 Å². The molecular formula is C24H24N4O7S. The molecule has 3 heterocycles. The summed E-state index contributed by atoms with van der Waals surface area (Å²) in [5, 5.41) is 10.3. The Labute approximate surface area is 211 Å². The molecule has 2 saturated heterocycles. The maximum atomic E-state index is 12.9. The fourth-order valence-corrected chi connectivity index (χ4v) is 4.69. The fourth-order valence-electron chi connectivity index (χ4n) is 3.85. The minimum Gasteiger partial charge on any atom is -0.493 e. The molecule has 0 N–H and O–H groups in total. The van der Waals surface area contributed by atoms with E-state index >= 15 is 0 Å². The first kappa shape index (κ1) is 25.2. The van der Waals surface area contributed by atoms with Crippen LogP contribution in [0.15, 0.2) is 41.4 Å². The predicted molar refractivity (Wildman–Crippen MR) is 132 cm³/mol. The standard InChI is InChI=1S/C24H24N4O7S/c1-34-19-12-16(6-8-18(19)35-21-9-7-17(14-25-21)28(32)33)13-20-23(30)27(24(31)36-20)15-22(29)26-10-4-2-3-5-11-26/h6-9,12-14H,2-5,10-11,15H2,1H3. The monoisotopic (exact) mass is 512 g/mol. The lowest BCUT2D eigenvalue weighted by Gasteiger charge is -2.22. The molecule has 4 rings (SSSR count). The predicted octanol–water partition coefficient (Wildman–Crippen LogP) is 4.23. The van der Waals surface area contributed by atoms with E-state index in [1.54, 1.807) is 29.2 Å². The Morgan fingerprint density at radius 2 is 1.89 bits per heavy atom. The number of methoxy groups -OCH3 is 1. The average Bonchev–Trinajstić information content (AvgIpc) is 3.06. The van der Waals surface area contributed by atoms with Crippen LogP contribution >= 0.6 is 11.8 Å². The van der Waals surface area contributed by atoms with Crippen LogP contribution < -0.4 is 9.47 Å². The molecule has 0 radical (unpaired) electrons. The second-order valence-corrected chi connectivity index (χ2v) is 9.18. The number of hydrogen-bond donors (Lipinski definition) is 0. The van der Waals surface area contributed by atoms with Crippen molar-refractivity contribution >= 4 is 40.6 Å². The zero-order chi connectivity index (χ0) is 25.7. The first-order valence-electron chi connectivity index (χ1n) is 11.3. The molecule has 0 spiro atoms. The molecule has 12 heteroatoms. The summed E-state index contributed by atoms with van der Waals surface area (Å²) >= 11 is 0.784. The van der Waals surface area contributed by atoms with Crippen molar-refractivity contribution < 1.29 is 28.8 Å². The van der Waals surface area contributed by atoms with Crippen LogP contribution in [0, 0.1) is 10.1 Å². The second-order valence-electron chi connectivity index (χ2n) is 8.19. The number of nitro groups is 1. The van der Waals surface area contributed by atoms with Gasteiger partial charge in [0.1, 0.15) is 12.7 Å². The van der Waals surface area contributed by atoms with Gasteiger partial charge in [-0.15, -0.1) is 0 Å². The van der Waals surface area contributed by atoms with Gasteiger partial charge in [-0.25, -0.2) is 4.98 Å². The van der Waals surface area contributed by atoms with Crippen molar-refractivity contribution in [3.05, 3.63) is 57.1 Å². The fraction of sp³-hybridized carbons (Fsp3) is 0.333. The largest absolute Gasteiger partial charge is 0.493 e. The third kappa shape index (κ3) is 5.82. The number of carbonyl (C=O) groups is 3. The lowest BCUT2D eigenvalue weighted by Crippen LogP contribution is -2.42. The summed E-state index contributed by atoms with van der Waals surface area (Å²) in [6.45, 7) is 1.03. The summed E-state index contributed by atoms with van der Waals surface area (Å²) in [6, 6.07) is 7.53. The Hall–Kier alpha value is -3.93. The SMILES string of the molecule is COc1cc(C=C2SC(=O)N(CC(=O)N3CCCCCC3)C2=O)ccc1Oc1ccc([N+](=O)[O-])cn1. The van der Waals surface area contributed by atoms with Gasteiger partial charge in [-0.2, -0.15) is 0 Å². The van der Waals surface area contributed by atoms with Crippen LogP contribution in [-0.4, -0.2) is 63.5 Å². The summed E-state index contributed by atoms with van der Waals surface area (Å²) in [4.78, 5) is 55.1. The second kappa shape index (κ2) is 11.2. The van der Waals surface area contributed by atoms with Gasteiger partial charge in [0, 0.05) is 25.2 Å². The first-order chi connectivity index (χ1) is 17.4. The molecule has 36 heavy (non-hydrogen) atoms. The van der Waals surface area contributed by atoms with Crippen LogP contribution in [-0.2, 0) is 9.59 Å². The maximum Gasteiger partial charge on any atom is 0.294 e. The van der Waals surface area contributed by atoms with Crippen molar-refractivity contribution in [2.24, 2.45) is 0 Å². The molecule has 2 aromatic rings. The van der Waals surface area contributed by atoms with E-state index in [0.717, 1.165) is 48.5 Å². The highest BCUT2D eigenvalue weighted by atomic mass is 32.2. The van der Waals surface area contributed by atoms with E-state index in [2.05, 4.69) is 4.98 Å². The van der Waals surface area contributed by atoms with Crippen molar-refractivity contribution in [3.63, 3.8) is 0 Å². The summed E-state index contributed by atoms with van der Waals surface area (Å²) in [6.07, 6.45) is 6.64. The Kier molecular flexibility index (Phi) is 7.84. The smallest absolute Gasteiger partial charge is 0.294 e. The third-order valence-corrected chi connectivity index (χ3v) is 6.66. The van der Waals surface area contributed by atoms with E-state index in [1.807, 2.05) is 0 Å². The van der Waals surface area contributed by atoms with E-state index in [1.165, 1.54) is 19.2 Å². The van der Waals surface area contributed by atoms with Gasteiger partial charge in [0.2, 0.25) is 11.8 Å².